The summed E-state index contributed by atoms with van der Waals surface area (Å²) in [5.41, 5.74) is 1.99. The first-order chi connectivity index (χ1) is 10.1. The van der Waals surface area contributed by atoms with Gasteiger partial charge in [-0.3, -0.25) is 0 Å². The summed E-state index contributed by atoms with van der Waals surface area (Å²) in [7, 11) is 0. The minimum Gasteiger partial charge on any atom is -0.387 e. The molecule has 21 heavy (non-hydrogen) atoms. The number of rotatable bonds is 6. The maximum atomic E-state index is 10.2. The highest BCUT2D eigenvalue weighted by Crippen LogP contribution is 2.22. The van der Waals surface area contributed by atoms with Crippen LogP contribution in [0.15, 0.2) is 48.5 Å². The van der Waals surface area contributed by atoms with Crippen LogP contribution in [0.3, 0.4) is 0 Å². The van der Waals surface area contributed by atoms with Crippen molar-refractivity contribution in [2.75, 3.05) is 6.54 Å². The molecular weight excluding hydrogens is 305 g/mol. The monoisotopic (exact) mass is 323 g/mol. The fourth-order valence-electron chi connectivity index (χ4n) is 2.28. The molecule has 0 saturated heterocycles. The van der Waals surface area contributed by atoms with Crippen molar-refractivity contribution in [1.29, 1.82) is 0 Å². The van der Waals surface area contributed by atoms with Gasteiger partial charge in [0, 0.05) is 22.6 Å². The van der Waals surface area contributed by atoms with Gasteiger partial charge in [-0.25, -0.2) is 0 Å². The van der Waals surface area contributed by atoms with Gasteiger partial charge in [0.25, 0.3) is 0 Å². The Labute approximate surface area is 135 Å². The number of hydrogen-bond acceptors (Lipinski definition) is 2. The minimum absolute atomic E-state index is 0.172. The summed E-state index contributed by atoms with van der Waals surface area (Å²) in [6.45, 7) is 2.58. The van der Waals surface area contributed by atoms with E-state index in [9.17, 15) is 5.11 Å². The Hall–Kier alpha value is -1.06. The van der Waals surface area contributed by atoms with E-state index < -0.39 is 6.10 Å². The van der Waals surface area contributed by atoms with Crippen LogP contribution in [0.1, 0.15) is 36.6 Å². The smallest absolute Gasteiger partial charge is 0.0914 e. The van der Waals surface area contributed by atoms with Gasteiger partial charge >= 0.3 is 0 Å². The maximum absolute atomic E-state index is 10.2. The molecule has 2 aromatic rings. The molecule has 4 heteroatoms. The van der Waals surface area contributed by atoms with Crippen molar-refractivity contribution in [3.05, 3.63) is 69.7 Å². The zero-order chi connectivity index (χ0) is 15.2. The zero-order valence-corrected chi connectivity index (χ0v) is 13.4. The quantitative estimate of drug-likeness (QED) is 0.802. The molecule has 0 aliphatic heterocycles. The summed E-state index contributed by atoms with van der Waals surface area (Å²) >= 11 is 11.9. The van der Waals surface area contributed by atoms with Gasteiger partial charge in [0.05, 0.1) is 6.10 Å². The molecular formula is C17H19Cl2NO. The first-order valence-corrected chi connectivity index (χ1v) is 7.78. The van der Waals surface area contributed by atoms with Gasteiger partial charge in [0.1, 0.15) is 0 Å². The van der Waals surface area contributed by atoms with Crippen LogP contribution in [0, 0.1) is 0 Å². The van der Waals surface area contributed by atoms with Gasteiger partial charge in [-0.15, -0.1) is 0 Å². The first-order valence-electron chi connectivity index (χ1n) is 7.02. The van der Waals surface area contributed by atoms with E-state index in [4.69, 9.17) is 23.2 Å². The Bertz CT molecular complexity index is 571. The van der Waals surface area contributed by atoms with Crippen LogP contribution in [-0.4, -0.2) is 11.7 Å². The Morgan fingerprint density at radius 3 is 2.33 bits per heavy atom. The van der Waals surface area contributed by atoms with Crippen LogP contribution >= 0.6 is 23.2 Å². The third-order valence-electron chi connectivity index (χ3n) is 3.47. The fourth-order valence-corrected chi connectivity index (χ4v) is 2.60. The molecule has 2 rings (SSSR count). The van der Waals surface area contributed by atoms with Gasteiger partial charge in [0.15, 0.2) is 0 Å². The highest BCUT2D eigenvalue weighted by atomic mass is 35.5. The molecule has 1 unspecified atom stereocenters. The lowest BCUT2D eigenvalue weighted by Crippen LogP contribution is -2.26. The summed E-state index contributed by atoms with van der Waals surface area (Å²) in [6, 6.07) is 15.2. The summed E-state index contributed by atoms with van der Waals surface area (Å²) in [4.78, 5) is 0. The van der Waals surface area contributed by atoms with Gasteiger partial charge in [-0.1, -0.05) is 54.4 Å². The third-order valence-corrected chi connectivity index (χ3v) is 3.96. The second-order valence-corrected chi connectivity index (χ2v) is 5.86. The standard InChI is InChI=1S/C17H19Cl2NO/c1-2-16(13-4-3-5-15(19)10-13)20-11-17(21)12-6-8-14(18)9-7-12/h3-10,16-17,20-21H,2,11H2,1H3/t16?,17-/m0/s1. The van der Waals surface area contributed by atoms with Crippen molar-refractivity contribution in [2.45, 2.75) is 25.5 Å². The molecule has 0 radical (unpaired) electrons. The SMILES string of the molecule is CCC(NC[C@H](O)c1ccc(Cl)cc1)c1cccc(Cl)c1. The number of hydrogen-bond donors (Lipinski definition) is 2. The molecule has 2 aromatic carbocycles. The summed E-state index contributed by atoms with van der Waals surface area (Å²) < 4.78 is 0. The molecule has 2 atom stereocenters. The number of halogens is 2. The Morgan fingerprint density at radius 2 is 1.71 bits per heavy atom. The second kappa shape index (κ2) is 7.81. The third kappa shape index (κ3) is 4.72. The molecule has 0 aromatic heterocycles. The van der Waals surface area contributed by atoms with E-state index in [0.717, 1.165) is 22.6 Å². The van der Waals surface area contributed by atoms with E-state index in [0.29, 0.717) is 11.6 Å². The van der Waals surface area contributed by atoms with Gasteiger partial charge in [-0.2, -0.15) is 0 Å². The molecule has 2 N–H and O–H groups in total. The lowest BCUT2D eigenvalue weighted by atomic mass is 10.0. The Morgan fingerprint density at radius 1 is 1.00 bits per heavy atom. The molecule has 0 saturated carbocycles. The normalized spacial score (nSPS) is 13.9. The molecule has 0 spiro atoms. The van der Waals surface area contributed by atoms with E-state index in [1.54, 1.807) is 12.1 Å². The lowest BCUT2D eigenvalue weighted by molar-refractivity contribution is 0.169. The van der Waals surface area contributed by atoms with Crippen molar-refractivity contribution in [3.8, 4) is 0 Å². The molecule has 0 heterocycles. The first kappa shape index (κ1) is 16.3. The van der Waals surface area contributed by atoms with Gasteiger partial charge < -0.3 is 10.4 Å². The maximum Gasteiger partial charge on any atom is 0.0914 e. The van der Waals surface area contributed by atoms with Crippen LogP contribution in [0.25, 0.3) is 0 Å². The average Bonchev–Trinajstić information content (AvgIpc) is 2.48. The van der Waals surface area contributed by atoms with Crippen molar-refractivity contribution in [2.24, 2.45) is 0 Å². The molecule has 2 nitrogen and oxygen atoms in total. The predicted molar refractivity (Wildman–Crippen MR) is 88.9 cm³/mol. The van der Waals surface area contributed by atoms with Crippen LogP contribution in [-0.2, 0) is 0 Å². The van der Waals surface area contributed by atoms with Crippen molar-refractivity contribution >= 4 is 23.2 Å². The van der Waals surface area contributed by atoms with E-state index in [-0.39, 0.29) is 6.04 Å². The van der Waals surface area contributed by atoms with E-state index in [1.165, 1.54) is 0 Å². The summed E-state index contributed by atoms with van der Waals surface area (Å²) in [5, 5.41) is 15.0. The Balaban J connectivity index is 1.98. The van der Waals surface area contributed by atoms with Crippen molar-refractivity contribution in [1.82, 2.24) is 5.32 Å². The molecule has 112 valence electrons. The number of aliphatic hydroxyl groups excluding tert-OH is 1. The molecule has 0 amide bonds. The highest BCUT2D eigenvalue weighted by molar-refractivity contribution is 6.30. The fraction of sp³-hybridized carbons (Fsp3) is 0.294. The van der Waals surface area contributed by atoms with E-state index in [1.807, 2.05) is 36.4 Å². The van der Waals surface area contributed by atoms with Crippen molar-refractivity contribution in [3.63, 3.8) is 0 Å². The summed E-state index contributed by atoms with van der Waals surface area (Å²) in [5.74, 6) is 0. The minimum atomic E-state index is -0.560. The average molecular weight is 324 g/mol. The van der Waals surface area contributed by atoms with Gasteiger partial charge in [0.2, 0.25) is 0 Å². The van der Waals surface area contributed by atoms with Gasteiger partial charge in [-0.05, 0) is 41.8 Å². The number of nitrogens with one attached hydrogen (secondary N) is 1. The van der Waals surface area contributed by atoms with Crippen molar-refractivity contribution < 1.29 is 5.11 Å². The number of benzene rings is 2. The predicted octanol–water partition coefficient (Wildman–Crippen LogP) is 4.77. The largest absolute Gasteiger partial charge is 0.387 e. The lowest BCUT2D eigenvalue weighted by Gasteiger charge is -2.20. The van der Waals surface area contributed by atoms with E-state index in [2.05, 4.69) is 12.2 Å². The van der Waals surface area contributed by atoms with Crippen LogP contribution in [0.2, 0.25) is 10.0 Å². The number of aliphatic hydroxyl groups is 1. The second-order valence-electron chi connectivity index (χ2n) is 4.99. The zero-order valence-electron chi connectivity index (χ0n) is 11.9. The summed E-state index contributed by atoms with van der Waals surface area (Å²) in [6.07, 6.45) is 0.365. The van der Waals surface area contributed by atoms with Crippen LogP contribution in [0.4, 0.5) is 0 Å². The van der Waals surface area contributed by atoms with Crippen LogP contribution in [0.5, 0.6) is 0 Å². The topological polar surface area (TPSA) is 32.3 Å². The van der Waals surface area contributed by atoms with Crippen LogP contribution < -0.4 is 5.32 Å². The Kier molecular flexibility index (Phi) is 6.07. The molecule has 0 fully saturated rings. The highest BCUT2D eigenvalue weighted by Gasteiger charge is 2.13. The molecule has 0 aliphatic carbocycles. The molecule has 0 bridgehead atoms. The molecule has 0 aliphatic rings. The van der Waals surface area contributed by atoms with E-state index >= 15 is 0 Å².